The number of allylic oxidation sites excluding steroid dienone is 4. The molecule has 0 aromatic rings. The van der Waals surface area contributed by atoms with Crippen LogP contribution >= 0.6 is 7.82 Å². The maximum absolute atomic E-state index is 12.5. The third-order valence-corrected chi connectivity index (χ3v) is 8.41. The fourth-order valence-corrected chi connectivity index (χ4v) is 5.22. The van der Waals surface area contributed by atoms with Crippen LogP contribution in [0, 0.1) is 0 Å². The summed E-state index contributed by atoms with van der Waals surface area (Å²) in [6.07, 6.45) is 27.8. The van der Waals surface area contributed by atoms with Crippen LogP contribution in [0.1, 0.15) is 142 Å². The predicted molar refractivity (Wildman–Crippen MR) is 185 cm³/mol. The van der Waals surface area contributed by atoms with Gasteiger partial charge in [0.15, 0.2) is 6.10 Å². The molecule has 0 aliphatic carbocycles. The van der Waals surface area contributed by atoms with Gasteiger partial charge in [-0.15, -0.1) is 0 Å². The first kappa shape index (κ1) is 44.5. The molecule has 46 heavy (non-hydrogen) atoms. The fraction of sp³-hybridized carbons (Fsp3) is 0.833. The average Bonchev–Trinajstić information content (AvgIpc) is 2.99. The quantitative estimate of drug-likeness (QED) is 0.0230. The van der Waals surface area contributed by atoms with E-state index in [1.165, 1.54) is 25.7 Å². The van der Waals surface area contributed by atoms with E-state index in [1.807, 2.05) is 21.1 Å². The summed E-state index contributed by atoms with van der Waals surface area (Å²) < 4.78 is 33.6. The summed E-state index contributed by atoms with van der Waals surface area (Å²) in [6.45, 7) is 4.10. The Labute approximate surface area is 281 Å². The highest BCUT2D eigenvalue weighted by atomic mass is 31.2. The minimum Gasteiger partial charge on any atom is -0.756 e. The molecule has 9 nitrogen and oxygen atoms in total. The van der Waals surface area contributed by atoms with Gasteiger partial charge in [-0.1, -0.05) is 102 Å². The normalized spacial score (nSPS) is 14.1. The Hall–Kier alpha value is -1.51. The van der Waals surface area contributed by atoms with E-state index < -0.39 is 32.5 Å². The van der Waals surface area contributed by atoms with Gasteiger partial charge in [0.25, 0.3) is 7.82 Å². The van der Waals surface area contributed by atoms with Crippen LogP contribution in [0.2, 0.25) is 0 Å². The van der Waals surface area contributed by atoms with Gasteiger partial charge in [-0.3, -0.25) is 14.2 Å². The van der Waals surface area contributed by atoms with E-state index in [0.29, 0.717) is 17.4 Å². The summed E-state index contributed by atoms with van der Waals surface area (Å²) in [4.78, 5) is 37.2. The Kier molecular flexibility index (Phi) is 28.6. The van der Waals surface area contributed by atoms with Crippen molar-refractivity contribution in [3.8, 4) is 0 Å². The third-order valence-electron chi connectivity index (χ3n) is 7.44. The highest BCUT2D eigenvalue weighted by Gasteiger charge is 2.21. The number of carbonyl (C=O) groups excluding carboxylic acids is 2. The van der Waals surface area contributed by atoms with E-state index in [1.54, 1.807) is 0 Å². The molecule has 0 rings (SSSR count). The Morgan fingerprint density at radius 2 is 1.11 bits per heavy atom. The topological polar surface area (TPSA) is 111 Å². The number of carbonyl (C=O) groups is 2. The molecular formula is C36H68NO8P. The molecule has 0 saturated carbocycles. The number of likely N-dealkylation sites (N-methyl/N-ethyl adjacent to an activating group) is 1. The maximum atomic E-state index is 12.5. The van der Waals surface area contributed by atoms with Gasteiger partial charge in [-0.05, 0) is 51.4 Å². The first-order valence-corrected chi connectivity index (χ1v) is 19.5. The molecule has 270 valence electrons. The zero-order valence-corrected chi connectivity index (χ0v) is 30.9. The molecule has 0 aromatic carbocycles. The lowest BCUT2D eigenvalue weighted by Gasteiger charge is -2.28. The Bertz CT molecular complexity index is 855. The van der Waals surface area contributed by atoms with Gasteiger partial charge in [0.1, 0.15) is 19.8 Å². The largest absolute Gasteiger partial charge is 0.756 e. The second-order valence-corrected chi connectivity index (χ2v) is 14.6. The minimum absolute atomic E-state index is 0.0332. The van der Waals surface area contributed by atoms with Gasteiger partial charge >= 0.3 is 11.9 Å². The van der Waals surface area contributed by atoms with E-state index in [2.05, 4.69) is 38.2 Å². The van der Waals surface area contributed by atoms with Crippen LogP contribution in [-0.2, 0) is 32.7 Å². The molecule has 0 radical (unpaired) electrons. The standard InChI is InChI=1S/C36H68NO8P/c1-6-8-10-12-14-16-18-20-22-24-26-28-35(38)42-32-34(33-44-46(40,41)43-31-30-37(3,4)5)45-36(39)29-27-25-23-21-19-17-15-13-11-9-7-2/h12-15,34H,6-11,16-33H2,1-5H3/b14-12+,15-13+. The molecule has 0 spiro atoms. The number of esters is 2. The van der Waals surface area contributed by atoms with Crippen LogP contribution in [0.25, 0.3) is 0 Å². The SMILES string of the molecule is CCCC/C=C/CCCCCCCC(=O)OCC(COP(=O)([O-])OCC[N+](C)(C)C)OC(=O)CCCCCCC/C=C/CCCC. The number of unbranched alkanes of at least 4 members (excludes halogenated alkanes) is 14. The molecular weight excluding hydrogens is 605 g/mol. The Balaban J connectivity index is 4.50. The van der Waals surface area contributed by atoms with Gasteiger partial charge in [0, 0.05) is 12.8 Å². The highest BCUT2D eigenvalue weighted by molar-refractivity contribution is 7.45. The van der Waals surface area contributed by atoms with Crippen molar-refractivity contribution in [2.24, 2.45) is 0 Å². The molecule has 0 aromatic heterocycles. The van der Waals surface area contributed by atoms with Crippen molar-refractivity contribution in [2.45, 2.75) is 148 Å². The molecule has 0 N–H and O–H groups in total. The number of nitrogens with zero attached hydrogens (tertiary/aromatic N) is 1. The van der Waals surface area contributed by atoms with E-state index >= 15 is 0 Å². The summed E-state index contributed by atoms with van der Waals surface area (Å²) in [5.74, 6) is -0.861. The van der Waals surface area contributed by atoms with Crippen LogP contribution in [-0.4, -0.2) is 70.0 Å². The van der Waals surface area contributed by atoms with Gasteiger partial charge in [-0.25, -0.2) is 0 Å². The fourth-order valence-electron chi connectivity index (χ4n) is 4.50. The molecule has 0 heterocycles. The number of phosphoric acid groups is 1. The Morgan fingerprint density at radius 3 is 1.61 bits per heavy atom. The highest BCUT2D eigenvalue weighted by Crippen LogP contribution is 2.38. The van der Waals surface area contributed by atoms with E-state index in [-0.39, 0.29) is 26.1 Å². The van der Waals surface area contributed by atoms with E-state index in [4.69, 9.17) is 18.5 Å². The summed E-state index contributed by atoms with van der Waals surface area (Å²) in [5.41, 5.74) is 0. The first-order chi connectivity index (χ1) is 22.0. The minimum atomic E-state index is -4.61. The second-order valence-electron chi connectivity index (χ2n) is 13.2. The summed E-state index contributed by atoms with van der Waals surface area (Å²) in [6, 6.07) is 0. The number of hydrogen-bond donors (Lipinski definition) is 0. The lowest BCUT2D eigenvalue weighted by Crippen LogP contribution is -2.37. The Morgan fingerprint density at radius 1 is 0.652 bits per heavy atom. The van der Waals surface area contributed by atoms with Crippen molar-refractivity contribution in [1.82, 2.24) is 0 Å². The van der Waals surface area contributed by atoms with Gasteiger partial charge < -0.3 is 27.9 Å². The molecule has 0 bridgehead atoms. The van der Waals surface area contributed by atoms with Crippen LogP contribution in [0.3, 0.4) is 0 Å². The molecule has 2 atom stereocenters. The van der Waals surface area contributed by atoms with Gasteiger partial charge in [-0.2, -0.15) is 0 Å². The van der Waals surface area contributed by atoms with Crippen LogP contribution in [0.4, 0.5) is 0 Å². The van der Waals surface area contributed by atoms with Gasteiger partial charge in [0.05, 0.1) is 27.7 Å². The third kappa shape index (κ3) is 32.4. The molecule has 0 amide bonds. The van der Waals surface area contributed by atoms with Gasteiger partial charge in [0.2, 0.25) is 0 Å². The van der Waals surface area contributed by atoms with Crippen molar-refractivity contribution in [3.63, 3.8) is 0 Å². The molecule has 0 aliphatic heterocycles. The van der Waals surface area contributed by atoms with Crippen LogP contribution in [0.5, 0.6) is 0 Å². The number of quaternary nitrogens is 1. The molecule has 0 fully saturated rings. The van der Waals surface area contributed by atoms with Crippen molar-refractivity contribution in [2.75, 3.05) is 47.5 Å². The number of ether oxygens (including phenoxy) is 2. The lowest BCUT2D eigenvalue weighted by atomic mass is 10.1. The smallest absolute Gasteiger partial charge is 0.306 e. The van der Waals surface area contributed by atoms with Crippen molar-refractivity contribution in [1.29, 1.82) is 0 Å². The monoisotopic (exact) mass is 673 g/mol. The number of rotatable bonds is 32. The van der Waals surface area contributed by atoms with Crippen molar-refractivity contribution >= 4 is 19.8 Å². The number of phosphoric ester groups is 1. The zero-order valence-electron chi connectivity index (χ0n) is 30.0. The van der Waals surface area contributed by atoms with Crippen LogP contribution in [0.15, 0.2) is 24.3 Å². The summed E-state index contributed by atoms with van der Waals surface area (Å²) in [5, 5.41) is 0. The summed E-state index contributed by atoms with van der Waals surface area (Å²) in [7, 11) is 1.15. The molecule has 2 unspecified atom stereocenters. The van der Waals surface area contributed by atoms with Crippen molar-refractivity contribution in [3.05, 3.63) is 24.3 Å². The molecule has 10 heteroatoms. The summed E-state index contributed by atoms with van der Waals surface area (Å²) >= 11 is 0. The molecule has 0 saturated heterocycles. The van der Waals surface area contributed by atoms with E-state index in [9.17, 15) is 19.0 Å². The zero-order chi connectivity index (χ0) is 34.4. The van der Waals surface area contributed by atoms with E-state index in [0.717, 1.165) is 83.5 Å². The first-order valence-electron chi connectivity index (χ1n) is 18.0. The lowest BCUT2D eigenvalue weighted by molar-refractivity contribution is -0.870. The van der Waals surface area contributed by atoms with Crippen LogP contribution < -0.4 is 4.89 Å². The number of hydrogen-bond acceptors (Lipinski definition) is 8. The predicted octanol–water partition coefficient (Wildman–Crippen LogP) is 8.60. The maximum Gasteiger partial charge on any atom is 0.306 e. The van der Waals surface area contributed by atoms with Crippen molar-refractivity contribution < 1.29 is 42.1 Å². The second kappa shape index (κ2) is 29.6. The average molecular weight is 674 g/mol. The molecule has 0 aliphatic rings.